The molecule has 0 amide bonds. The van der Waals surface area contributed by atoms with Gasteiger partial charge in [0.1, 0.15) is 0 Å². The minimum Gasteiger partial charge on any atom is -0.490 e. The number of hydrogen-bond donors (Lipinski definition) is 1. The van der Waals surface area contributed by atoms with Crippen LogP contribution in [0.1, 0.15) is 5.69 Å². The molecule has 0 atom stereocenters. The summed E-state index contributed by atoms with van der Waals surface area (Å²) in [6, 6.07) is 10.0. The van der Waals surface area contributed by atoms with E-state index in [1.807, 2.05) is 36.4 Å². The number of fused-ring (bicyclic) bond motifs is 1. The number of carbonyl (C=O) groups is 1. The van der Waals surface area contributed by atoms with Crippen molar-refractivity contribution in [1.82, 2.24) is 4.98 Å². The molecular weight excluding hydrogens is 242 g/mol. The van der Waals surface area contributed by atoms with E-state index in [-0.39, 0.29) is 5.76 Å². The summed E-state index contributed by atoms with van der Waals surface area (Å²) in [5.41, 5.74) is 2.03. The fourth-order valence-electron chi connectivity index (χ4n) is 1.74. The normalized spacial score (nSPS) is 12.0. The van der Waals surface area contributed by atoms with Gasteiger partial charge in [-0.3, -0.25) is 0 Å². The van der Waals surface area contributed by atoms with Crippen LogP contribution in [0.3, 0.4) is 0 Å². The number of allylic oxidation sites excluding steroid dienone is 2. The summed E-state index contributed by atoms with van der Waals surface area (Å²) in [5.74, 6) is -0.335. The molecule has 2 rings (SSSR count). The van der Waals surface area contributed by atoms with Crippen molar-refractivity contribution in [3.05, 3.63) is 53.9 Å². The molecule has 1 heterocycles. The van der Waals surface area contributed by atoms with E-state index in [9.17, 15) is 4.79 Å². The predicted molar refractivity (Wildman–Crippen MR) is 74.4 cm³/mol. The number of ether oxygens (including phenoxy) is 2. The van der Waals surface area contributed by atoms with Gasteiger partial charge in [-0.05, 0) is 29.7 Å². The Balaban J connectivity index is 2.18. The number of esters is 1. The Kier molecular flexibility index (Phi) is 4.03. The highest BCUT2D eigenvalue weighted by molar-refractivity contribution is 5.87. The van der Waals surface area contributed by atoms with E-state index < -0.39 is 5.97 Å². The zero-order valence-electron chi connectivity index (χ0n) is 10.8. The van der Waals surface area contributed by atoms with Gasteiger partial charge in [0, 0.05) is 11.2 Å². The van der Waals surface area contributed by atoms with Crippen molar-refractivity contribution < 1.29 is 14.3 Å². The molecular formula is C15H15NO3. The Morgan fingerprint density at radius 3 is 2.68 bits per heavy atom. The summed E-state index contributed by atoms with van der Waals surface area (Å²) < 4.78 is 9.51. The molecule has 0 aliphatic carbocycles. The van der Waals surface area contributed by atoms with Crippen LogP contribution in [0.25, 0.3) is 17.0 Å². The third kappa shape index (κ3) is 3.04. The number of para-hydroxylation sites is 1. The smallest absolute Gasteiger partial charge is 0.373 e. The molecule has 2 aromatic rings. The van der Waals surface area contributed by atoms with E-state index in [1.54, 1.807) is 12.2 Å². The number of benzene rings is 1. The summed E-state index contributed by atoms with van der Waals surface area (Å²) in [6.45, 7) is 0. The zero-order valence-corrected chi connectivity index (χ0v) is 10.8. The Hall–Kier alpha value is -2.49. The second-order valence-corrected chi connectivity index (χ2v) is 3.90. The van der Waals surface area contributed by atoms with E-state index >= 15 is 0 Å². The fraction of sp³-hybridized carbons (Fsp3) is 0.133. The van der Waals surface area contributed by atoms with Crippen LogP contribution in [0.5, 0.6) is 0 Å². The Morgan fingerprint density at radius 2 is 2.00 bits per heavy atom. The second-order valence-electron chi connectivity index (χ2n) is 3.90. The van der Waals surface area contributed by atoms with Crippen LogP contribution in [0.4, 0.5) is 0 Å². The molecule has 0 aliphatic rings. The third-order valence-electron chi connectivity index (χ3n) is 2.68. The average Bonchev–Trinajstić information content (AvgIpc) is 2.85. The number of rotatable bonds is 4. The molecule has 1 aromatic carbocycles. The first kappa shape index (κ1) is 13.0. The van der Waals surface area contributed by atoms with Crippen LogP contribution in [0.2, 0.25) is 0 Å². The van der Waals surface area contributed by atoms with E-state index in [1.165, 1.54) is 14.2 Å². The van der Waals surface area contributed by atoms with Crippen molar-refractivity contribution >= 4 is 22.9 Å². The van der Waals surface area contributed by atoms with Gasteiger partial charge in [0.2, 0.25) is 5.76 Å². The number of aromatic amines is 1. The summed E-state index contributed by atoms with van der Waals surface area (Å²) in [7, 11) is 2.75. The second kappa shape index (κ2) is 5.91. The molecule has 0 spiro atoms. The van der Waals surface area contributed by atoms with Gasteiger partial charge >= 0.3 is 5.97 Å². The number of nitrogens with one attached hydrogen (secondary N) is 1. The molecule has 0 bridgehead atoms. The Labute approximate surface area is 111 Å². The monoisotopic (exact) mass is 257 g/mol. The molecule has 0 aliphatic heterocycles. The Morgan fingerprint density at radius 1 is 1.21 bits per heavy atom. The molecule has 19 heavy (non-hydrogen) atoms. The molecule has 0 unspecified atom stereocenters. The number of methoxy groups -OCH3 is 2. The summed E-state index contributed by atoms with van der Waals surface area (Å²) >= 11 is 0. The van der Waals surface area contributed by atoms with Crippen LogP contribution in [0.15, 0.2) is 48.2 Å². The maximum absolute atomic E-state index is 11.3. The standard InChI is InChI=1S/C15H15NO3/c1-18-14(15(17)19-2)9-5-7-12-10-11-6-3-4-8-13(11)16-12/h3-10,16H,1-2H3/b7-5+,14-9-. The third-order valence-corrected chi connectivity index (χ3v) is 2.68. The molecule has 1 aromatic heterocycles. The lowest BCUT2D eigenvalue weighted by Crippen LogP contribution is -2.05. The van der Waals surface area contributed by atoms with E-state index in [2.05, 4.69) is 9.72 Å². The van der Waals surface area contributed by atoms with Crippen LogP contribution >= 0.6 is 0 Å². The molecule has 0 fully saturated rings. The van der Waals surface area contributed by atoms with Crippen molar-refractivity contribution in [2.45, 2.75) is 0 Å². The first-order chi connectivity index (χ1) is 9.24. The lowest BCUT2D eigenvalue weighted by atomic mass is 10.2. The van der Waals surface area contributed by atoms with Crippen molar-refractivity contribution in [1.29, 1.82) is 0 Å². The maximum Gasteiger partial charge on any atom is 0.373 e. The molecule has 98 valence electrons. The molecule has 0 saturated carbocycles. The van der Waals surface area contributed by atoms with Gasteiger partial charge in [0.15, 0.2) is 0 Å². The fourth-order valence-corrected chi connectivity index (χ4v) is 1.74. The van der Waals surface area contributed by atoms with Crippen LogP contribution in [0, 0.1) is 0 Å². The summed E-state index contributed by atoms with van der Waals surface area (Å²) in [5, 5.41) is 1.14. The quantitative estimate of drug-likeness (QED) is 0.396. The van der Waals surface area contributed by atoms with Crippen LogP contribution < -0.4 is 0 Å². The molecule has 0 saturated heterocycles. The van der Waals surface area contributed by atoms with Gasteiger partial charge in [-0.2, -0.15) is 0 Å². The minimum atomic E-state index is -0.496. The van der Waals surface area contributed by atoms with Gasteiger partial charge in [0.05, 0.1) is 14.2 Å². The SMILES string of the molecule is COC(=O)/C(=C/C=C/c1cc2ccccc2[nH]1)OC. The van der Waals surface area contributed by atoms with Gasteiger partial charge < -0.3 is 14.5 Å². The number of aromatic nitrogens is 1. The lowest BCUT2D eigenvalue weighted by molar-refractivity contribution is -0.139. The molecule has 0 radical (unpaired) electrons. The van der Waals surface area contributed by atoms with Gasteiger partial charge in [-0.25, -0.2) is 4.79 Å². The van der Waals surface area contributed by atoms with Gasteiger partial charge in [-0.15, -0.1) is 0 Å². The van der Waals surface area contributed by atoms with E-state index in [0.717, 1.165) is 16.6 Å². The predicted octanol–water partition coefficient (Wildman–Crippen LogP) is 2.88. The number of H-pyrrole nitrogens is 1. The van der Waals surface area contributed by atoms with E-state index in [0.29, 0.717) is 0 Å². The molecule has 4 nitrogen and oxygen atoms in total. The molecule has 4 heteroatoms. The van der Waals surface area contributed by atoms with Crippen molar-refractivity contribution in [3.8, 4) is 0 Å². The summed E-state index contributed by atoms with van der Waals surface area (Å²) in [6.07, 6.45) is 5.17. The highest BCUT2D eigenvalue weighted by atomic mass is 16.6. The first-order valence-corrected chi connectivity index (χ1v) is 5.83. The highest BCUT2D eigenvalue weighted by Gasteiger charge is 2.07. The Bertz CT molecular complexity index is 605. The lowest BCUT2D eigenvalue weighted by Gasteiger charge is -2.00. The zero-order chi connectivity index (χ0) is 13.7. The largest absolute Gasteiger partial charge is 0.490 e. The first-order valence-electron chi connectivity index (χ1n) is 5.83. The highest BCUT2D eigenvalue weighted by Crippen LogP contribution is 2.15. The van der Waals surface area contributed by atoms with Crippen molar-refractivity contribution in [2.75, 3.05) is 14.2 Å². The topological polar surface area (TPSA) is 51.3 Å². The van der Waals surface area contributed by atoms with Crippen molar-refractivity contribution in [3.63, 3.8) is 0 Å². The van der Waals surface area contributed by atoms with Crippen LogP contribution in [-0.4, -0.2) is 25.2 Å². The van der Waals surface area contributed by atoms with Crippen molar-refractivity contribution in [2.24, 2.45) is 0 Å². The maximum atomic E-state index is 11.3. The average molecular weight is 257 g/mol. The van der Waals surface area contributed by atoms with Gasteiger partial charge in [0.25, 0.3) is 0 Å². The number of carbonyl (C=O) groups excluding carboxylic acids is 1. The van der Waals surface area contributed by atoms with E-state index in [4.69, 9.17) is 4.74 Å². The molecule has 1 N–H and O–H groups in total. The van der Waals surface area contributed by atoms with Crippen LogP contribution in [-0.2, 0) is 14.3 Å². The minimum absolute atomic E-state index is 0.162. The van der Waals surface area contributed by atoms with Gasteiger partial charge in [-0.1, -0.05) is 24.3 Å². The number of hydrogen-bond acceptors (Lipinski definition) is 3. The summed E-state index contributed by atoms with van der Waals surface area (Å²) in [4.78, 5) is 14.5.